The van der Waals surface area contributed by atoms with Gasteiger partial charge in [0.25, 0.3) is 10.2 Å². The zero-order chi connectivity index (χ0) is 16.7. The van der Waals surface area contributed by atoms with Crippen molar-refractivity contribution >= 4 is 15.9 Å². The van der Waals surface area contributed by atoms with Gasteiger partial charge in [-0.05, 0) is 43.7 Å². The minimum atomic E-state index is -3.45. The predicted octanol–water partition coefficient (Wildman–Crippen LogP) is 1.84. The number of hydrogen-bond donors (Lipinski definition) is 0. The lowest BCUT2D eigenvalue weighted by Crippen LogP contribution is -2.47. The van der Waals surface area contributed by atoms with Gasteiger partial charge in [0.05, 0.1) is 6.04 Å². The van der Waals surface area contributed by atoms with Crippen molar-refractivity contribution < 1.29 is 8.42 Å². The molecule has 2 saturated heterocycles. The third-order valence-corrected chi connectivity index (χ3v) is 7.10. The Morgan fingerprint density at radius 1 is 1.12 bits per heavy atom. The first-order chi connectivity index (χ1) is 11.6. The first kappa shape index (κ1) is 16.0. The second-order valence-corrected chi connectivity index (χ2v) is 8.75. The average Bonchev–Trinajstić information content (AvgIpc) is 3.21. The molecular weight excluding hydrogens is 326 g/mol. The third-order valence-electron chi connectivity index (χ3n) is 5.08. The Kier molecular flexibility index (Phi) is 4.06. The van der Waals surface area contributed by atoms with E-state index in [4.69, 9.17) is 0 Å². The number of rotatable bonds is 3. The molecule has 0 N–H and O–H groups in total. The summed E-state index contributed by atoms with van der Waals surface area (Å²) in [5.74, 6) is 1.14. The van der Waals surface area contributed by atoms with Crippen LogP contribution in [0.5, 0.6) is 0 Å². The SMILES string of the molecule is C[C@@H]1CCCN(S(=O)(=O)N2CCC[C@H]2c2nnc3ccccn23)C1. The molecule has 0 aliphatic carbocycles. The summed E-state index contributed by atoms with van der Waals surface area (Å²) < 4.78 is 31.5. The van der Waals surface area contributed by atoms with Crippen LogP contribution in [0.2, 0.25) is 0 Å². The topological polar surface area (TPSA) is 70.8 Å². The molecule has 2 aromatic rings. The van der Waals surface area contributed by atoms with E-state index in [1.54, 1.807) is 8.61 Å². The number of pyridine rings is 1. The molecule has 2 aliphatic rings. The quantitative estimate of drug-likeness (QED) is 0.848. The van der Waals surface area contributed by atoms with Crippen LogP contribution in [0.3, 0.4) is 0 Å². The van der Waals surface area contributed by atoms with Gasteiger partial charge < -0.3 is 0 Å². The van der Waals surface area contributed by atoms with Crippen molar-refractivity contribution in [1.29, 1.82) is 0 Å². The fourth-order valence-corrected chi connectivity index (χ4v) is 5.85. The Labute approximate surface area is 142 Å². The van der Waals surface area contributed by atoms with Crippen LogP contribution in [0, 0.1) is 5.92 Å². The molecule has 24 heavy (non-hydrogen) atoms. The van der Waals surface area contributed by atoms with E-state index in [1.807, 2.05) is 28.8 Å². The van der Waals surface area contributed by atoms with Gasteiger partial charge in [0, 0.05) is 25.8 Å². The van der Waals surface area contributed by atoms with Crippen molar-refractivity contribution in [2.45, 2.75) is 38.6 Å². The monoisotopic (exact) mass is 349 g/mol. The van der Waals surface area contributed by atoms with Gasteiger partial charge in [-0.1, -0.05) is 13.0 Å². The molecular formula is C16H23N5O2S. The van der Waals surface area contributed by atoms with E-state index in [0.717, 1.165) is 37.2 Å². The van der Waals surface area contributed by atoms with E-state index >= 15 is 0 Å². The summed E-state index contributed by atoms with van der Waals surface area (Å²) in [6.45, 7) is 3.91. The Morgan fingerprint density at radius 2 is 1.96 bits per heavy atom. The molecule has 0 amide bonds. The lowest BCUT2D eigenvalue weighted by molar-refractivity contribution is 0.252. The highest BCUT2D eigenvalue weighted by Crippen LogP contribution is 2.35. The summed E-state index contributed by atoms with van der Waals surface area (Å²) in [7, 11) is -3.45. The van der Waals surface area contributed by atoms with Crippen molar-refractivity contribution in [1.82, 2.24) is 23.2 Å². The van der Waals surface area contributed by atoms with Crippen molar-refractivity contribution in [3.05, 3.63) is 30.2 Å². The van der Waals surface area contributed by atoms with Crippen LogP contribution in [0.15, 0.2) is 24.4 Å². The van der Waals surface area contributed by atoms with Crippen molar-refractivity contribution in [2.75, 3.05) is 19.6 Å². The molecule has 2 fully saturated rings. The molecule has 7 nitrogen and oxygen atoms in total. The molecule has 4 heterocycles. The van der Waals surface area contributed by atoms with Crippen molar-refractivity contribution in [3.63, 3.8) is 0 Å². The summed E-state index contributed by atoms with van der Waals surface area (Å²) in [6.07, 6.45) is 5.58. The first-order valence-corrected chi connectivity index (χ1v) is 10.0. The Bertz CT molecular complexity index is 834. The van der Waals surface area contributed by atoms with Crippen LogP contribution in [0.1, 0.15) is 44.5 Å². The largest absolute Gasteiger partial charge is 0.285 e. The van der Waals surface area contributed by atoms with Gasteiger partial charge >= 0.3 is 0 Å². The maximum Gasteiger partial charge on any atom is 0.282 e. The fourth-order valence-electron chi connectivity index (χ4n) is 3.87. The molecule has 0 bridgehead atoms. The molecule has 4 rings (SSSR count). The Hall–Kier alpha value is -1.51. The Morgan fingerprint density at radius 3 is 2.79 bits per heavy atom. The maximum atomic E-state index is 13.2. The highest BCUT2D eigenvalue weighted by Gasteiger charge is 2.41. The molecule has 8 heteroatoms. The molecule has 0 spiro atoms. The number of nitrogens with zero attached hydrogens (tertiary/aromatic N) is 5. The highest BCUT2D eigenvalue weighted by atomic mass is 32.2. The molecule has 0 unspecified atom stereocenters. The molecule has 0 aromatic carbocycles. The smallest absolute Gasteiger partial charge is 0.282 e. The fraction of sp³-hybridized carbons (Fsp3) is 0.625. The average molecular weight is 349 g/mol. The Balaban J connectivity index is 1.67. The molecule has 0 radical (unpaired) electrons. The summed E-state index contributed by atoms with van der Waals surface area (Å²) >= 11 is 0. The van der Waals surface area contributed by atoms with Gasteiger partial charge in [0.1, 0.15) is 0 Å². The standard InChI is InChI=1S/C16H23N5O2S/c1-13-6-4-9-19(12-13)24(22,23)21-11-5-7-14(21)16-18-17-15-8-2-3-10-20(15)16/h2-3,8,10,13-14H,4-7,9,11-12H2,1H3/t13-,14+/m1/s1. The second kappa shape index (κ2) is 6.09. The lowest BCUT2D eigenvalue weighted by Gasteiger charge is -2.34. The summed E-state index contributed by atoms with van der Waals surface area (Å²) in [5, 5.41) is 8.47. The molecule has 2 aromatic heterocycles. The van der Waals surface area contributed by atoms with E-state index in [2.05, 4.69) is 17.1 Å². The van der Waals surface area contributed by atoms with Gasteiger partial charge in [-0.25, -0.2) is 0 Å². The van der Waals surface area contributed by atoms with E-state index in [1.165, 1.54) is 0 Å². The van der Waals surface area contributed by atoms with Crippen LogP contribution in [-0.4, -0.2) is 51.3 Å². The van der Waals surface area contributed by atoms with Crippen LogP contribution in [0.25, 0.3) is 5.65 Å². The number of fused-ring (bicyclic) bond motifs is 1. The van der Waals surface area contributed by atoms with Crippen molar-refractivity contribution in [3.8, 4) is 0 Å². The summed E-state index contributed by atoms with van der Waals surface area (Å²) in [4.78, 5) is 0. The third kappa shape index (κ3) is 2.62. The molecule has 2 aliphatic heterocycles. The maximum absolute atomic E-state index is 13.2. The van der Waals surface area contributed by atoms with Gasteiger partial charge in [-0.3, -0.25) is 4.40 Å². The molecule has 0 saturated carbocycles. The summed E-state index contributed by atoms with van der Waals surface area (Å²) in [6, 6.07) is 5.48. The van der Waals surface area contributed by atoms with E-state index in [9.17, 15) is 8.42 Å². The van der Waals surface area contributed by atoms with E-state index in [-0.39, 0.29) is 6.04 Å². The van der Waals surface area contributed by atoms with Gasteiger partial charge in [0.2, 0.25) is 0 Å². The minimum absolute atomic E-state index is 0.232. The van der Waals surface area contributed by atoms with Crippen LogP contribution < -0.4 is 0 Å². The van der Waals surface area contributed by atoms with Crippen LogP contribution in [-0.2, 0) is 10.2 Å². The zero-order valence-corrected chi connectivity index (χ0v) is 14.7. The highest BCUT2D eigenvalue weighted by molar-refractivity contribution is 7.86. The number of aromatic nitrogens is 3. The zero-order valence-electron chi connectivity index (χ0n) is 13.9. The molecule has 130 valence electrons. The van der Waals surface area contributed by atoms with E-state index in [0.29, 0.717) is 25.6 Å². The number of hydrogen-bond acceptors (Lipinski definition) is 4. The van der Waals surface area contributed by atoms with Crippen LogP contribution >= 0.6 is 0 Å². The lowest BCUT2D eigenvalue weighted by atomic mass is 10.0. The minimum Gasteiger partial charge on any atom is -0.285 e. The van der Waals surface area contributed by atoms with Gasteiger partial charge in [0.15, 0.2) is 11.5 Å². The summed E-state index contributed by atoms with van der Waals surface area (Å²) in [5.41, 5.74) is 0.753. The number of piperidine rings is 1. The van der Waals surface area contributed by atoms with Crippen molar-refractivity contribution in [2.24, 2.45) is 5.92 Å². The second-order valence-electron chi connectivity index (χ2n) is 6.87. The van der Waals surface area contributed by atoms with Gasteiger partial charge in [-0.15, -0.1) is 10.2 Å². The van der Waals surface area contributed by atoms with Crippen LogP contribution in [0.4, 0.5) is 0 Å². The molecule has 2 atom stereocenters. The van der Waals surface area contributed by atoms with Gasteiger partial charge in [-0.2, -0.15) is 17.0 Å². The predicted molar refractivity (Wildman–Crippen MR) is 90.6 cm³/mol. The van der Waals surface area contributed by atoms with E-state index < -0.39 is 10.2 Å². The normalized spacial score (nSPS) is 27.0. The first-order valence-electron chi connectivity index (χ1n) is 8.64.